The molecule has 0 aliphatic rings. The Morgan fingerprint density at radius 3 is 1.07 bits per heavy atom. The number of esters is 2. The lowest BCUT2D eigenvalue weighted by atomic mass is 10.0. The Balaban J connectivity index is 4.28. The van der Waals surface area contributed by atoms with Gasteiger partial charge in [0.05, 0.1) is 6.61 Å². The first-order valence-electron chi connectivity index (χ1n) is 29.8. The first-order valence-corrected chi connectivity index (χ1v) is 29.8. The number of carbonyl (C=O) groups is 2. The summed E-state index contributed by atoms with van der Waals surface area (Å²) in [5.74, 6) is -0.413. The maximum atomic E-state index is 12.9. The SMILES string of the molecule is CC/C=C\C/C=C\C/C=C\C/C=C\CCCCCCC(=O)OC(COCCCCCCCC/C=C\CCCCCCCC)COC(=O)CCCCCCCCCCCCCCCCCCCCC. The Bertz CT molecular complexity index is 1170. The molecule has 0 aromatic rings. The van der Waals surface area contributed by atoms with Crippen LogP contribution in [-0.4, -0.2) is 37.9 Å². The fourth-order valence-corrected chi connectivity index (χ4v) is 8.62. The highest BCUT2D eigenvalue weighted by atomic mass is 16.6. The van der Waals surface area contributed by atoms with Gasteiger partial charge in [0.15, 0.2) is 6.10 Å². The van der Waals surface area contributed by atoms with E-state index in [0.29, 0.717) is 19.4 Å². The number of ether oxygens (including phenoxy) is 3. The lowest BCUT2D eigenvalue weighted by molar-refractivity contribution is -0.163. The molecule has 0 spiro atoms. The fraction of sp³-hybridized carbons (Fsp3) is 0.810. The number of hydrogen-bond donors (Lipinski definition) is 0. The minimum absolute atomic E-state index is 0.0754. The van der Waals surface area contributed by atoms with E-state index in [1.54, 1.807) is 0 Å². The molecular weight excluding hydrogens is 837 g/mol. The van der Waals surface area contributed by atoms with Gasteiger partial charge in [0.1, 0.15) is 6.61 Å². The molecule has 0 heterocycles. The molecule has 5 heteroatoms. The van der Waals surface area contributed by atoms with Crippen LogP contribution in [0.2, 0.25) is 0 Å². The zero-order chi connectivity index (χ0) is 49.2. The Hall–Kier alpha value is -2.40. The van der Waals surface area contributed by atoms with Crippen LogP contribution in [0.15, 0.2) is 60.8 Å². The molecule has 5 nitrogen and oxygen atoms in total. The van der Waals surface area contributed by atoms with Crippen molar-refractivity contribution in [2.24, 2.45) is 0 Å². The van der Waals surface area contributed by atoms with Crippen LogP contribution < -0.4 is 0 Å². The van der Waals surface area contributed by atoms with Crippen LogP contribution in [0.4, 0.5) is 0 Å². The molecule has 0 aromatic carbocycles. The van der Waals surface area contributed by atoms with Crippen molar-refractivity contribution in [3.05, 3.63) is 60.8 Å². The largest absolute Gasteiger partial charge is 0.462 e. The molecule has 0 amide bonds. The summed E-state index contributed by atoms with van der Waals surface area (Å²) in [6, 6.07) is 0. The van der Waals surface area contributed by atoms with Crippen molar-refractivity contribution < 1.29 is 23.8 Å². The van der Waals surface area contributed by atoms with E-state index in [-0.39, 0.29) is 25.2 Å². The van der Waals surface area contributed by atoms with Crippen LogP contribution in [0, 0.1) is 0 Å². The van der Waals surface area contributed by atoms with Gasteiger partial charge in [-0.25, -0.2) is 0 Å². The van der Waals surface area contributed by atoms with E-state index in [4.69, 9.17) is 14.2 Å². The van der Waals surface area contributed by atoms with E-state index in [0.717, 1.165) is 83.5 Å². The van der Waals surface area contributed by atoms with Crippen LogP contribution in [0.25, 0.3) is 0 Å². The molecule has 0 aliphatic carbocycles. The Kier molecular flexibility index (Phi) is 56.8. The predicted octanol–water partition coefficient (Wildman–Crippen LogP) is 20.5. The second kappa shape index (κ2) is 58.9. The summed E-state index contributed by atoms with van der Waals surface area (Å²) in [5.41, 5.74) is 0. The first-order chi connectivity index (χ1) is 33.6. The molecule has 0 rings (SSSR count). The third kappa shape index (κ3) is 56.2. The molecule has 68 heavy (non-hydrogen) atoms. The van der Waals surface area contributed by atoms with Crippen LogP contribution in [0.5, 0.6) is 0 Å². The molecule has 0 N–H and O–H groups in total. The van der Waals surface area contributed by atoms with Crippen LogP contribution in [-0.2, 0) is 23.8 Å². The molecule has 0 radical (unpaired) electrons. The van der Waals surface area contributed by atoms with Crippen LogP contribution >= 0.6 is 0 Å². The highest BCUT2D eigenvalue weighted by molar-refractivity contribution is 5.70. The van der Waals surface area contributed by atoms with Crippen LogP contribution in [0.1, 0.15) is 303 Å². The minimum atomic E-state index is -0.552. The van der Waals surface area contributed by atoms with Gasteiger partial charge in [-0.1, -0.05) is 268 Å². The van der Waals surface area contributed by atoms with Crippen molar-refractivity contribution in [1.82, 2.24) is 0 Å². The molecular formula is C63H114O5. The van der Waals surface area contributed by atoms with Crippen molar-refractivity contribution in [3.63, 3.8) is 0 Å². The molecule has 396 valence electrons. The topological polar surface area (TPSA) is 61.8 Å². The Labute approximate surface area is 424 Å². The Morgan fingerprint density at radius 1 is 0.338 bits per heavy atom. The molecule has 1 atom stereocenters. The highest BCUT2D eigenvalue weighted by Crippen LogP contribution is 2.16. The molecule has 0 aromatic heterocycles. The normalized spacial score (nSPS) is 12.6. The summed E-state index contributed by atoms with van der Waals surface area (Å²) in [6.45, 7) is 7.72. The van der Waals surface area contributed by atoms with E-state index in [2.05, 4.69) is 81.5 Å². The molecule has 0 bridgehead atoms. The smallest absolute Gasteiger partial charge is 0.306 e. The maximum absolute atomic E-state index is 12.9. The number of rotatable bonds is 55. The Morgan fingerprint density at radius 2 is 0.662 bits per heavy atom. The fourth-order valence-electron chi connectivity index (χ4n) is 8.62. The van der Waals surface area contributed by atoms with Gasteiger partial charge in [0.2, 0.25) is 0 Å². The summed E-state index contributed by atoms with van der Waals surface area (Å²) < 4.78 is 17.5. The van der Waals surface area contributed by atoms with E-state index in [1.807, 2.05) is 0 Å². The van der Waals surface area contributed by atoms with Crippen molar-refractivity contribution in [2.45, 2.75) is 309 Å². The van der Waals surface area contributed by atoms with E-state index in [9.17, 15) is 9.59 Å². The van der Waals surface area contributed by atoms with Gasteiger partial charge >= 0.3 is 11.9 Å². The summed E-state index contributed by atoms with van der Waals surface area (Å²) in [7, 11) is 0. The molecule has 0 aliphatic heterocycles. The van der Waals surface area contributed by atoms with Crippen molar-refractivity contribution >= 4 is 11.9 Å². The van der Waals surface area contributed by atoms with Gasteiger partial charge in [-0.05, 0) is 83.5 Å². The summed E-state index contributed by atoms with van der Waals surface area (Å²) in [5, 5.41) is 0. The lowest BCUT2D eigenvalue weighted by Gasteiger charge is -2.18. The maximum Gasteiger partial charge on any atom is 0.306 e. The minimum Gasteiger partial charge on any atom is -0.462 e. The lowest BCUT2D eigenvalue weighted by Crippen LogP contribution is -2.30. The van der Waals surface area contributed by atoms with Crippen molar-refractivity contribution in [3.8, 4) is 0 Å². The zero-order valence-electron chi connectivity index (χ0n) is 45.6. The standard InChI is InChI=1S/C63H114O5/c1-4-7-10-13-16-19-22-25-28-31-32-34-35-38-41-44-47-50-53-56-62(64)67-60-61(59-66-58-55-52-49-46-43-40-37-30-27-24-21-18-15-12-9-6-3)68-63(65)57-54-51-48-45-42-39-36-33-29-26-23-20-17-14-11-8-5-2/h8,11,17,20,26-27,29-30,36,39,61H,4-7,9-10,12-16,18-19,21-25,28,31-35,37-38,40-60H2,1-3H3/b11-8-,20-17-,29-26-,30-27-,39-36-. The summed E-state index contributed by atoms with van der Waals surface area (Å²) in [6.07, 6.45) is 75.3. The number of carbonyl (C=O) groups excluding carboxylic acids is 2. The molecule has 0 saturated carbocycles. The van der Waals surface area contributed by atoms with Gasteiger partial charge in [-0.2, -0.15) is 0 Å². The number of hydrogen-bond acceptors (Lipinski definition) is 5. The summed E-state index contributed by atoms with van der Waals surface area (Å²) in [4.78, 5) is 25.5. The molecule has 0 fully saturated rings. The van der Waals surface area contributed by atoms with Gasteiger partial charge < -0.3 is 14.2 Å². The predicted molar refractivity (Wildman–Crippen MR) is 298 cm³/mol. The third-order valence-electron chi connectivity index (χ3n) is 13.0. The highest BCUT2D eigenvalue weighted by Gasteiger charge is 2.17. The van der Waals surface area contributed by atoms with Crippen molar-refractivity contribution in [1.29, 1.82) is 0 Å². The number of allylic oxidation sites excluding steroid dienone is 10. The van der Waals surface area contributed by atoms with Crippen LogP contribution in [0.3, 0.4) is 0 Å². The van der Waals surface area contributed by atoms with Crippen molar-refractivity contribution in [2.75, 3.05) is 19.8 Å². The zero-order valence-corrected chi connectivity index (χ0v) is 45.6. The average Bonchev–Trinajstić information content (AvgIpc) is 3.34. The van der Waals surface area contributed by atoms with E-state index < -0.39 is 6.10 Å². The summed E-state index contributed by atoms with van der Waals surface area (Å²) >= 11 is 0. The van der Waals surface area contributed by atoms with Gasteiger partial charge in [0, 0.05) is 19.4 Å². The van der Waals surface area contributed by atoms with Gasteiger partial charge in [-0.15, -0.1) is 0 Å². The first kappa shape index (κ1) is 65.6. The van der Waals surface area contributed by atoms with Gasteiger partial charge in [0.25, 0.3) is 0 Å². The average molecular weight is 952 g/mol. The third-order valence-corrected chi connectivity index (χ3v) is 13.0. The number of unbranched alkanes of at least 4 members (excludes halogenated alkanes) is 34. The van der Waals surface area contributed by atoms with E-state index >= 15 is 0 Å². The second-order valence-electron chi connectivity index (χ2n) is 19.9. The quantitative estimate of drug-likeness (QED) is 0.0345. The molecule has 0 saturated heterocycles. The van der Waals surface area contributed by atoms with Gasteiger partial charge in [-0.3, -0.25) is 9.59 Å². The monoisotopic (exact) mass is 951 g/mol. The van der Waals surface area contributed by atoms with E-state index in [1.165, 1.54) is 186 Å². The second-order valence-corrected chi connectivity index (χ2v) is 19.9. The molecule has 1 unspecified atom stereocenters.